The van der Waals surface area contributed by atoms with E-state index in [2.05, 4.69) is 15.0 Å². The van der Waals surface area contributed by atoms with E-state index in [0.717, 1.165) is 17.7 Å². The molecule has 3 aromatic rings. The normalized spacial score (nSPS) is 11.1. The molecule has 1 amide bonds. The van der Waals surface area contributed by atoms with Gasteiger partial charge in [-0.1, -0.05) is 19.1 Å². The number of rotatable bonds is 8. The minimum absolute atomic E-state index is 0.110. The van der Waals surface area contributed by atoms with E-state index in [9.17, 15) is 13.2 Å². The third kappa shape index (κ3) is 5.12. The highest BCUT2D eigenvalue weighted by Crippen LogP contribution is 2.27. The molecule has 0 saturated heterocycles. The van der Waals surface area contributed by atoms with Crippen LogP contribution in [0.15, 0.2) is 58.3 Å². The van der Waals surface area contributed by atoms with Crippen LogP contribution in [0, 0.1) is 0 Å². The average molecular weight is 432 g/mol. The molecule has 2 aromatic carbocycles. The van der Waals surface area contributed by atoms with Gasteiger partial charge in [0, 0.05) is 16.6 Å². The number of amides is 1. The number of benzene rings is 2. The molecule has 152 valence electrons. The molecule has 0 aliphatic heterocycles. The first-order chi connectivity index (χ1) is 13.9. The summed E-state index contributed by atoms with van der Waals surface area (Å²) < 4.78 is 33.6. The van der Waals surface area contributed by atoms with Crippen LogP contribution < -0.4 is 14.8 Å². The van der Waals surface area contributed by atoms with E-state index in [0.29, 0.717) is 5.69 Å². The zero-order chi connectivity index (χ0) is 20.9. The highest BCUT2D eigenvalue weighted by Gasteiger charge is 2.22. The van der Waals surface area contributed by atoms with Crippen molar-refractivity contribution in [2.45, 2.75) is 24.8 Å². The fourth-order valence-electron chi connectivity index (χ4n) is 2.64. The first kappa shape index (κ1) is 20.8. The predicted molar refractivity (Wildman–Crippen MR) is 113 cm³/mol. The molecule has 1 aromatic heterocycles. The predicted octanol–water partition coefficient (Wildman–Crippen LogP) is 3.44. The molecule has 7 nitrogen and oxygen atoms in total. The molecular formula is C20H21N3O4S2. The van der Waals surface area contributed by atoms with E-state index < -0.39 is 15.9 Å². The van der Waals surface area contributed by atoms with Gasteiger partial charge in [-0.25, -0.2) is 13.4 Å². The van der Waals surface area contributed by atoms with Crippen molar-refractivity contribution in [2.24, 2.45) is 0 Å². The van der Waals surface area contributed by atoms with Crippen molar-refractivity contribution < 1.29 is 17.9 Å². The molecule has 0 unspecified atom stereocenters. The summed E-state index contributed by atoms with van der Waals surface area (Å²) in [6.07, 6.45) is 0.860. The van der Waals surface area contributed by atoms with Crippen LogP contribution in [0.5, 0.6) is 5.75 Å². The van der Waals surface area contributed by atoms with Gasteiger partial charge in [-0.15, -0.1) is 11.3 Å². The van der Waals surface area contributed by atoms with Crippen LogP contribution in [0.3, 0.4) is 0 Å². The second kappa shape index (κ2) is 9.06. The first-order valence-electron chi connectivity index (χ1n) is 8.88. The van der Waals surface area contributed by atoms with E-state index >= 15 is 0 Å². The number of nitrogens with one attached hydrogen (secondary N) is 2. The van der Waals surface area contributed by atoms with Crippen LogP contribution in [0.4, 0.5) is 5.69 Å². The van der Waals surface area contributed by atoms with Crippen molar-refractivity contribution in [2.75, 3.05) is 11.8 Å². The lowest BCUT2D eigenvalue weighted by Gasteiger charge is -2.13. The van der Waals surface area contributed by atoms with E-state index in [1.54, 1.807) is 17.6 Å². The highest BCUT2D eigenvalue weighted by molar-refractivity contribution is 7.92. The largest absolute Gasteiger partial charge is 0.495 e. The quantitative estimate of drug-likeness (QED) is 0.569. The smallest absolute Gasteiger partial charge is 0.265 e. The zero-order valence-electron chi connectivity index (χ0n) is 16.0. The Morgan fingerprint density at radius 2 is 1.93 bits per heavy atom. The Balaban J connectivity index is 1.83. The molecule has 0 fully saturated rings. The van der Waals surface area contributed by atoms with Crippen LogP contribution in [0.25, 0.3) is 0 Å². The fraction of sp³-hybridized carbons (Fsp3) is 0.200. The van der Waals surface area contributed by atoms with Crippen LogP contribution in [0.1, 0.15) is 28.5 Å². The average Bonchev–Trinajstić information content (AvgIpc) is 3.25. The number of ether oxygens (including phenoxy) is 1. The summed E-state index contributed by atoms with van der Waals surface area (Å²) in [4.78, 5) is 16.4. The van der Waals surface area contributed by atoms with Gasteiger partial charge < -0.3 is 10.1 Å². The summed E-state index contributed by atoms with van der Waals surface area (Å²) in [5.74, 6) is -0.247. The molecule has 0 aliphatic carbocycles. The van der Waals surface area contributed by atoms with Crippen molar-refractivity contribution in [1.29, 1.82) is 0 Å². The zero-order valence-corrected chi connectivity index (χ0v) is 17.6. The van der Waals surface area contributed by atoms with Gasteiger partial charge in [0.25, 0.3) is 15.9 Å². The van der Waals surface area contributed by atoms with Crippen molar-refractivity contribution in [3.05, 3.63) is 70.2 Å². The molecule has 0 aliphatic rings. The topological polar surface area (TPSA) is 97.4 Å². The number of aryl methyl sites for hydroxylation is 1. The number of aromatic nitrogens is 1. The molecule has 1 heterocycles. The fourth-order valence-corrected chi connectivity index (χ4v) is 4.46. The molecule has 0 spiro atoms. The Kier molecular flexibility index (Phi) is 6.50. The number of hydrogen-bond donors (Lipinski definition) is 2. The van der Waals surface area contributed by atoms with Gasteiger partial charge in [0.1, 0.15) is 10.6 Å². The summed E-state index contributed by atoms with van der Waals surface area (Å²) in [6, 6.07) is 11.4. The van der Waals surface area contributed by atoms with Crippen molar-refractivity contribution in [1.82, 2.24) is 10.3 Å². The number of thiazole rings is 1. The van der Waals surface area contributed by atoms with E-state index in [4.69, 9.17) is 4.74 Å². The molecule has 0 saturated carbocycles. The highest BCUT2D eigenvalue weighted by atomic mass is 32.2. The second-order valence-electron chi connectivity index (χ2n) is 6.18. The van der Waals surface area contributed by atoms with E-state index in [1.165, 1.54) is 36.6 Å². The summed E-state index contributed by atoms with van der Waals surface area (Å²) in [6.45, 7) is 2.29. The van der Waals surface area contributed by atoms with Crippen molar-refractivity contribution in [3.8, 4) is 5.75 Å². The molecule has 2 N–H and O–H groups in total. The van der Waals surface area contributed by atoms with Crippen LogP contribution in [-0.4, -0.2) is 26.4 Å². The van der Waals surface area contributed by atoms with Crippen molar-refractivity contribution >= 4 is 33.0 Å². The van der Waals surface area contributed by atoms with Gasteiger partial charge in [-0.05, 0) is 42.3 Å². The molecule has 3 rings (SSSR count). The van der Waals surface area contributed by atoms with Gasteiger partial charge in [-0.3, -0.25) is 9.52 Å². The number of carbonyl (C=O) groups excluding carboxylic acids is 1. The Morgan fingerprint density at radius 3 is 2.55 bits per heavy atom. The van der Waals surface area contributed by atoms with Crippen molar-refractivity contribution in [3.63, 3.8) is 0 Å². The van der Waals surface area contributed by atoms with Gasteiger partial charge >= 0.3 is 0 Å². The Hall–Kier alpha value is -2.91. The summed E-state index contributed by atoms with van der Waals surface area (Å²) in [5, 5.41) is 4.56. The van der Waals surface area contributed by atoms with Gasteiger partial charge in [-0.2, -0.15) is 0 Å². The van der Waals surface area contributed by atoms with Crippen LogP contribution in [-0.2, 0) is 23.0 Å². The number of carbonyl (C=O) groups is 1. The number of hydrogen-bond acceptors (Lipinski definition) is 6. The number of anilines is 1. The van der Waals surface area contributed by atoms with Gasteiger partial charge in [0.15, 0.2) is 0 Å². The Bertz CT molecular complexity index is 1080. The third-order valence-electron chi connectivity index (χ3n) is 4.24. The lowest BCUT2D eigenvalue weighted by molar-refractivity contribution is 0.0950. The SMILES string of the molecule is CCc1ccc(NS(=O)(=O)c2cc(C(=O)NCc3cscn3)ccc2OC)cc1. The lowest BCUT2D eigenvalue weighted by Crippen LogP contribution is -2.23. The second-order valence-corrected chi connectivity index (χ2v) is 8.55. The van der Waals surface area contributed by atoms with Gasteiger partial charge in [0.05, 0.1) is 24.9 Å². The number of nitrogens with zero attached hydrogens (tertiary/aromatic N) is 1. The number of methoxy groups -OCH3 is 1. The Morgan fingerprint density at radius 1 is 1.17 bits per heavy atom. The maximum atomic E-state index is 12.9. The standard InChI is InChI=1S/C20H21N3O4S2/c1-3-14-4-7-16(8-5-14)23-29(25,26)19-10-15(6-9-18(19)27-2)20(24)21-11-17-12-28-13-22-17/h4-10,12-13,23H,3,11H2,1-2H3,(H,21,24). The summed E-state index contributed by atoms with van der Waals surface area (Å²) in [7, 11) is -2.57. The summed E-state index contributed by atoms with van der Waals surface area (Å²) in [5.41, 5.74) is 4.16. The van der Waals surface area contributed by atoms with E-state index in [-0.39, 0.29) is 22.8 Å². The minimum Gasteiger partial charge on any atom is -0.495 e. The number of sulfonamides is 1. The van der Waals surface area contributed by atoms with Gasteiger partial charge in [0.2, 0.25) is 0 Å². The molecule has 0 atom stereocenters. The third-order valence-corrected chi connectivity index (χ3v) is 6.28. The maximum Gasteiger partial charge on any atom is 0.265 e. The van der Waals surface area contributed by atoms with Crippen LogP contribution >= 0.6 is 11.3 Å². The van der Waals surface area contributed by atoms with E-state index in [1.807, 2.05) is 24.4 Å². The first-order valence-corrected chi connectivity index (χ1v) is 11.3. The summed E-state index contributed by atoms with van der Waals surface area (Å²) >= 11 is 1.43. The molecular weight excluding hydrogens is 410 g/mol. The monoisotopic (exact) mass is 431 g/mol. The minimum atomic E-state index is -3.96. The maximum absolute atomic E-state index is 12.9. The van der Waals surface area contributed by atoms with Crippen LogP contribution in [0.2, 0.25) is 0 Å². The molecule has 9 heteroatoms. The lowest BCUT2D eigenvalue weighted by atomic mass is 10.2. The Labute approximate surface area is 173 Å². The molecule has 0 radical (unpaired) electrons. The molecule has 0 bridgehead atoms. The molecule has 29 heavy (non-hydrogen) atoms.